The molecule has 0 spiro atoms. The van der Waals surface area contributed by atoms with Gasteiger partial charge in [0.05, 0.1) is 11.4 Å². The van der Waals surface area contributed by atoms with Crippen LogP contribution in [-0.4, -0.2) is 19.2 Å². The van der Waals surface area contributed by atoms with Crippen molar-refractivity contribution in [1.82, 2.24) is 0 Å². The number of para-hydroxylation sites is 2. The maximum Gasteiger partial charge on any atom is 0.240 e. The Bertz CT molecular complexity index is 339. The second kappa shape index (κ2) is 5.20. The normalized spacial score (nSPS) is 9.29. The van der Waals surface area contributed by atoms with E-state index in [4.69, 9.17) is 0 Å². The molecule has 74 valence electrons. The van der Waals surface area contributed by atoms with Gasteiger partial charge >= 0.3 is 0 Å². The van der Waals surface area contributed by atoms with E-state index < -0.39 is 0 Å². The number of benzene rings is 1. The fraction of sp³-hybridized carbons (Fsp3) is 0.364. The molecule has 0 saturated heterocycles. The number of isocyanates is 1. The molecule has 0 aliphatic rings. The van der Waals surface area contributed by atoms with Crippen LogP contribution in [0.15, 0.2) is 29.3 Å². The molecule has 0 amide bonds. The summed E-state index contributed by atoms with van der Waals surface area (Å²) in [6.45, 7) is 5.96. The first kappa shape index (κ1) is 10.5. The number of anilines is 1. The van der Waals surface area contributed by atoms with Crippen LogP contribution in [0.4, 0.5) is 11.4 Å². The third-order valence-corrected chi connectivity index (χ3v) is 2.15. The average molecular weight is 190 g/mol. The summed E-state index contributed by atoms with van der Waals surface area (Å²) >= 11 is 0. The molecule has 1 rings (SSSR count). The molecule has 0 heterocycles. The van der Waals surface area contributed by atoms with Crippen LogP contribution in [0, 0.1) is 0 Å². The zero-order valence-corrected chi connectivity index (χ0v) is 8.53. The Kier molecular flexibility index (Phi) is 3.89. The van der Waals surface area contributed by atoms with E-state index in [-0.39, 0.29) is 0 Å². The minimum Gasteiger partial charge on any atom is -0.370 e. The van der Waals surface area contributed by atoms with E-state index in [0.29, 0.717) is 5.69 Å². The number of hydrogen-bond donors (Lipinski definition) is 0. The summed E-state index contributed by atoms with van der Waals surface area (Å²) in [7, 11) is 0. The highest BCUT2D eigenvalue weighted by molar-refractivity contribution is 5.69. The van der Waals surface area contributed by atoms with Crippen molar-refractivity contribution in [2.24, 2.45) is 4.99 Å². The molecule has 14 heavy (non-hydrogen) atoms. The van der Waals surface area contributed by atoms with Gasteiger partial charge in [-0.15, -0.1) is 0 Å². The van der Waals surface area contributed by atoms with Crippen LogP contribution in [-0.2, 0) is 4.79 Å². The van der Waals surface area contributed by atoms with E-state index in [0.717, 1.165) is 18.8 Å². The van der Waals surface area contributed by atoms with E-state index in [1.165, 1.54) is 0 Å². The Hall–Kier alpha value is -1.60. The van der Waals surface area contributed by atoms with E-state index in [2.05, 4.69) is 23.7 Å². The molecule has 0 aliphatic carbocycles. The first-order valence-electron chi connectivity index (χ1n) is 4.75. The van der Waals surface area contributed by atoms with Gasteiger partial charge in [-0.05, 0) is 26.0 Å². The van der Waals surface area contributed by atoms with Crippen LogP contribution in [0.25, 0.3) is 0 Å². The summed E-state index contributed by atoms with van der Waals surface area (Å²) in [5.74, 6) is 0. The Balaban J connectivity index is 3.10. The van der Waals surface area contributed by atoms with Gasteiger partial charge in [0, 0.05) is 13.1 Å². The predicted octanol–water partition coefficient (Wildman–Crippen LogP) is 2.50. The van der Waals surface area contributed by atoms with Crippen molar-refractivity contribution in [2.75, 3.05) is 18.0 Å². The molecule has 0 radical (unpaired) electrons. The summed E-state index contributed by atoms with van der Waals surface area (Å²) in [6, 6.07) is 7.59. The van der Waals surface area contributed by atoms with Gasteiger partial charge in [0.25, 0.3) is 0 Å². The number of nitrogens with zero attached hydrogens (tertiary/aromatic N) is 2. The van der Waals surface area contributed by atoms with Gasteiger partial charge in [0.2, 0.25) is 6.08 Å². The molecule has 0 aliphatic heterocycles. The number of carbonyl (C=O) groups excluding carboxylic acids is 1. The largest absolute Gasteiger partial charge is 0.370 e. The van der Waals surface area contributed by atoms with Crippen molar-refractivity contribution in [3.05, 3.63) is 24.3 Å². The quantitative estimate of drug-likeness (QED) is 0.539. The van der Waals surface area contributed by atoms with Gasteiger partial charge in [-0.2, -0.15) is 4.99 Å². The molecular weight excluding hydrogens is 176 g/mol. The summed E-state index contributed by atoms with van der Waals surface area (Å²) in [5.41, 5.74) is 1.67. The minimum absolute atomic E-state index is 0.686. The summed E-state index contributed by atoms with van der Waals surface area (Å²) in [4.78, 5) is 16.0. The topological polar surface area (TPSA) is 32.7 Å². The van der Waals surface area contributed by atoms with Gasteiger partial charge < -0.3 is 4.90 Å². The fourth-order valence-corrected chi connectivity index (χ4v) is 1.44. The van der Waals surface area contributed by atoms with Crippen LogP contribution in [0.5, 0.6) is 0 Å². The zero-order chi connectivity index (χ0) is 10.4. The monoisotopic (exact) mass is 190 g/mol. The Morgan fingerprint density at radius 2 is 1.93 bits per heavy atom. The molecule has 0 N–H and O–H groups in total. The van der Waals surface area contributed by atoms with Crippen molar-refractivity contribution >= 4 is 17.5 Å². The van der Waals surface area contributed by atoms with Crippen molar-refractivity contribution in [1.29, 1.82) is 0 Å². The minimum atomic E-state index is 0.686. The third-order valence-electron chi connectivity index (χ3n) is 2.15. The second-order valence-corrected chi connectivity index (χ2v) is 2.86. The number of rotatable bonds is 4. The van der Waals surface area contributed by atoms with E-state index >= 15 is 0 Å². The summed E-state index contributed by atoms with van der Waals surface area (Å²) in [6.07, 6.45) is 1.58. The van der Waals surface area contributed by atoms with Crippen LogP contribution in [0.2, 0.25) is 0 Å². The smallest absolute Gasteiger partial charge is 0.240 e. The molecular formula is C11H14N2O. The maximum absolute atomic E-state index is 10.2. The molecule has 0 atom stereocenters. The maximum atomic E-state index is 10.2. The summed E-state index contributed by atoms with van der Waals surface area (Å²) < 4.78 is 0. The van der Waals surface area contributed by atoms with E-state index in [1.54, 1.807) is 6.08 Å². The highest BCUT2D eigenvalue weighted by atomic mass is 16.1. The van der Waals surface area contributed by atoms with Gasteiger partial charge in [0.15, 0.2) is 0 Å². The Labute approximate surface area is 84.1 Å². The molecule has 0 aromatic heterocycles. The molecule has 0 unspecified atom stereocenters. The van der Waals surface area contributed by atoms with Crippen LogP contribution < -0.4 is 4.90 Å². The third kappa shape index (κ3) is 2.21. The van der Waals surface area contributed by atoms with Gasteiger partial charge in [-0.1, -0.05) is 12.1 Å². The highest BCUT2D eigenvalue weighted by Gasteiger charge is 2.05. The van der Waals surface area contributed by atoms with Crippen molar-refractivity contribution in [3.8, 4) is 0 Å². The number of aliphatic imine (C=N–C) groups is 1. The first-order valence-corrected chi connectivity index (χ1v) is 4.75. The van der Waals surface area contributed by atoms with Crippen LogP contribution >= 0.6 is 0 Å². The van der Waals surface area contributed by atoms with E-state index in [9.17, 15) is 4.79 Å². The van der Waals surface area contributed by atoms with Crippen molar-refractivity contribution in [3.63, 3.8) is 0 Å². The first-order chi connectivity index (χ1) is 6.83. The Morgan fingerprint density at radius 3 is 2.50 bits per heavy atom. The molecule has 0 saturated carbocycles. The van der Waals surface area contributed by atoms with Gasteiger partial charge in [-0.25, -0.2) is 4.79 Å². The standard InChI is InChI=1S/C11H14N2O/c1-3-13(4-2)11-8-6-5-7-10(11)12-9-14/h5-8H,3-4H2,1-2H3. The van der Waals surface area contributed by atoms with Crippen molar-refractivity contribution < 1.29 is 4.79 Å². The Morgan fingerprint density at radius 1 is 1.29 bits per heavy atom. The van der Waals surface area contributed by atoms with Gasteiger partial charge in [-0.3, -0.25) is 0 Å². The van der Waals surface area contributed by atoms with Crippen molar-refractivity contribution in [2.45, 2.75) is 13.8 Å². The predicted molar refractivity (Wildman–Crippen MR) is 57.8 cm³/mol. The highest BCUT2D eigenvalue weighted by Crippen LogP contribution is 2.27. The molecule has 1 aromatic carbocycles. The SMILES string of the molecule is CCN(CC)c1ccccc1N=C=O. The van der Waals surface area contributed by atoms with Crippen LogP contribution in [0.1, 0.15) is 13.8 Å². The average Bonchev–Trinajstić information content (AvgIpc) is 2.23. The lowest BCUT2D eigenvalue weighted by atomic mass is 10.2. The summed E-state index contributed by atoms with van der Waals surface area (Å²) in [5, 5.41) is 0. The van der Waals surface area contributed by atoms with Gasteiger partial charge in [0.1, 0.15) is 0 Å². The van der Waals surface area contributed by atoms with E-state index in [1.807, 2.05) is 24.3 Å². The molecule has 3 nitrogen and oxygen atoms in total. The zero-order valence-electron chi connectivity index (χ0n) is 8.53. The molecule has 0 bridgehead atoms. The second-order valence-electron chi connectivity index (χ2n) is 2.86. The lowest BCUT2D eigenvalue weighted by Crippen LogP contribution is -2.21. The molecule has 0 fully saturated rings. The lowest BCUT2D eigenvalue weighted by Gasteiger charge is -2.21. The fourth-order valence-electron chi connectivity index (χ4n) is 1.44. The molecule has 1 aromatic rings. The number of hydrogen-bond acceptors (Lipinski definition) is 3. The molecule has 3 heteroatoms. The van der Waals surface area contributed by atoms with Crippen LogP contribution in [0.3, 0.4) is 0 Å². The lowest BCUT2D eigenvalue weighted by molar-refractivity contribution is 0.565.